The van der Waals surface area contributed by atoms with Crippen LogP contribution in [-0.4, -0.2) is 46.9 Å². The number of benzene rings is 2. The molecule has 12 heteroatoms. The van der Waals surface area contributed by atoms with Gasteiger partial charge in [-0.3, -0.25) is 4.72 Å². The normalized spacial score (nSPS) is 13.9. The fourth-order valence-electron chi connectivity index (χ4n) is 2.93. The summed E-state index contributed by atoms with van der Waals surface area (Å²) in [4.78, 5) is 11.4. The predicted octanol–water partition coefficient (Wildman–Crippen LogP) is 3.60. The monoisotopic (exact) mass is 513 g/mol. The minimum Gasteiger partial charge on any atom is -0.486 e. The molecule has 1 N–H and O–H groups in total. The standard InChI is InChI=1S/C23H22F3NO7S/c1-3-31-22(28)15(2)32-10-4-5-16-13-17(23(24,25)26)6-8-19(16)27-35(29,30)18-7-9-20-21(14-18)34-12-11-33-20/h6-9,13-15,27H,3,10-12H2,1-2H3. The Labute approximate surface area is 200 Å². The summed E-state index contributed by atoms with van der Waals surface area (Å²) >= 11 is 0. The second-order valence-corrected chi connectivity index (χ2v) is 8.86. The van der Waals surface area contributed by atoms with E-state index in [1.54, 1.807) is 6.92 Å². The van der Waals surface area contributed by atoms with Crippen molar-refractivity contribution in [1.82, 2.24) is 0 Å². The number of esters is 1. The van der Waals surface area contributed by atoms with Crippen molar-refractivity contribution >= 4 is 21.7 Å². The molecule has 0 radical (unpaired) electrons. The zero-order valence-corrected chi connectivity index (χ0v) is 19.6. The lowest BCUT2D eigenvalue weighted by molar-refractivity contribution is -0.154. The molecule has 0 fully saturated rings. The molecule has 0 saturated carbocycles. The van der Waals surface area contributed by atoms with E-state index in [4.69, 9.17) is 18.9 Å². The van der Waals surface area contributed by atoms with Gasteiger partial charge in [-0.05, 0) is 44.2 Å². The second-order valence-electron chi connectivity index (χ2n) is 7.18. The van der Waals surface area contributed by atoms with Crippen LogP contribution in [0.15, 0.2) is 41.3 Å². The molecule has 1 aliphatic heterocycles. The smallest absolute Gasteiger partial charge is 0.416 e. The molecule has 188 valence electrons. The average molecular weight is 513 g/mol. The maximum atomic E-state index is 13.2. The van der Waals surface area contributed by atoms with Gasteiger partial charge in [0.15, 0.2) is 17.6 Å². The summed E-state index contributed by atoms with van der Waals surface area (Å²) in [7, 11) is -4.21. The van der Waals surface area contributed by atoms with Gasteiger partial charge in [0.2, 0.25) is 0 Å². The summed E-state index contributed by atoms with van der Waals surface area (Å²) in [5.41, 5.74) is -1.41. The van der Waals surface area contributed by atoms with Crippen LogP contribution in [0.1, 0.15) is 25.0 Å². The first kappa shape index (κ1) is 26.2. The third kappa shape index (κ3) is 6.80. The van der Waals surface area contributed by atoms with Gasteiger partial charge in [0.05, 0.1) is 22.8 Å². The summed E-state index contributed by atoms with van der Waals surface area (Å²) in [6, 6.07) is 6.42. The number of hydrogen-bond donors (Lipinski definition) is 1. The van der Waals surface area contributed by atoms with Crippen molar-refractivity contribution in [3.63, 3.8) is 0 Å². The van der Waals surface area contributed by atoms with Crippen LogP contribution >= 0.6 is 0 Å². The first-order chi connectivity index (χ1) is 16.5. The number of carbonyl (C=O) groups is 1. The summed E-state index contributed by atoms with van der Waals surface area (Å²) in [5.74, 6) is 4.98. The SMILES string of the molecule is CCOC(=O)C(C)OCC#Cc1cc(C(F)(F)F)ccc1NS(=O)(=O)c1ccc2c(c1)OCCO2. The number of hydrogen-bond acceptors (Lipinski definition) is 7. The zero-order valence-electron chi connectivity index (χ0n) is 18.8. The number of sulfonamides is 1. The highest BCUT2D eigenvalue weighted by atomic mass is 32.2. The van der Waals surface area contributed by atoms with Crippen molar-refractivity contribution in [3.05, 3.63) is 47.5 Å². The van der Waals surface area contributed by atoms with Gasteiger partial charge in [-0.25, -0.2) is 13.2 Å². The molecule has 3 rings (SSSR count). The molecule has 0 bridgehead atoms. The first-order valence-corrected chi connectivity index (χ1v) is 11.9. The number of halogens is 3. The molecule has 1 aliphatic rings. The lowest BCUT2D eigenvalue weighted by Gasteiger charge is -2.19. The number of fused-ring (bicyclic) bond motifs is 1. The van der Waals surface area contributed by atoms with Gasteiger partial charge in [0.25, 0.3) is 10.0 Å². The minimum absolute atomic E-state index is 0.162. The van der Waals surface area contributed by atoms with Gasteiger partial charge < -0.3 is 18.9 Å². The van der Waals surface area contributed by atoms with E-state index < -0.39 is 33.8 Å². The molecule has 0 aliphatic carbocycles. The van der Waals surface area contributed by atoms with E-state index in [1.807, 2.05) is 0 Å². The van der Waals surface area contributed by atoms with Gasteiger partial charge in [-0.2, -0.15) is 13.2 Å². The van der Waals surface area contributed by atoms with Crippen molar-refractivity contribution in [2.24, 2.45) is 0 Å². The van der Waals surface area contributed by atoms with Crippen molar-refractivity contribution < 1.29 is 45.3 Å². The third-order valence-corrected chi connectivity index (χ3v) is 6.03. The number of carbonyl (C=O) groups excluding carboxylic acids is 1. The van der Waals surface area contributed by atoms with Crippen LogP contribution in [0.3, 0.4) is 0 Å². The van der Waals surface area contributed by atoms with E-state index in [1.165, 1.54) is 25.1 Å². The van der Waals surface area contributed by atoms with E-state index in [2.05, 4.69) is 16.6 Å². The Morgan fingerprint density at radius 2 is 1.86 bits per heavy atom. The van der Waals surface area contributed by atoms with Crippen molar-refractivity contribution in [2.75, 3.05) is 31.1 Å². The Bertz CT molecular complexity index is 1250. The molecule has 1 atom stereocenters. The van der Waals surface area contributed by atoms with Crippen LogP contribution in [0, 0.1) is 11.8 Å². The molecule has 0 aromatic heterocycles. The van der Waals surface area contributed by atoms with Gasteiger partial charge >= 0.3 is 12.1 Å². The van der Waals surface area contributed by atoms with Crippen LogP contribution in [0.25, 0.3) is 0 Å². The Morgan fingerprint density at radius 3 is 2.54 bits per heavy atom. The molecule has 2 aromatic rings. The van der Waals surface area contributed by atoms with Crippen LogP contribution in [0.2, 0.25) is 0 Å². The third-order valence-electron chi connectivity index (χ3n) is 4.66. The zero-order chi connectivity index (χ0) is 25.6. The molecular weight excluding hydrogens is 491 g/mol. The minimum atomic E-state index is -4.67. The van der Waals surface area contributed by atoms with Crippen molar-refractivity contribution in [3.8, 4) is 23.3 Å². The van der Waals surface area contributed by atoms with Crippen LogP contribution in [0.5, 0.6) is 11.5 Å². The van der Waals surface area contributed by atoms with E-state index in [0.29, 0.717) is 12.4 Å². The van der Waals surface area contributed by atoms with Crippen molar-refractivity contribution in [1.29, 1.82) is 0 Å². The lowest BCUT2D eigenvalue weighted by atomic mass is 10.1. The summed E-state index contributed by atoms with van der Waals surface area (Å²) < 4.78 is 88.6. The van der Waals surface area contributed by atoms with E-state index in [9.17, 15) is 26.4 Å². The largest absolute Gasteiger partial charge is 0.486 e. The molecular formula is C23H22F3NO7S. The Hall–Kier alpha value is -3.43. The number of ether oxygens (including phenoxy) is 4. The summed E-state index contributed by atoms with van der Waals surface area (Å²) in [5, 5.41) is 0. The molecule has 0 saturated heterocycles. The molecule has 1 unspecified atom stereocenters. The quantitative estimate of drug-likeness (QED) is 0.446. The summed E-state index contributed by atoms with van der Waals surface area (Å²) in [6.07, 6.45) is -5.60. The van der Waals surface area contributed by atoms with Crippen LogP contribution in [0.4, 0.5) is 18.9 Å². The highest BCUT2D eigenvalue weighted by molar-refractivity contribution is 7.92. The number of anilines is 1. The van der Waals surface area contributed by atoms with Gasteiger partial charge in [-0.15, -0.1) is 0 Å². The van der Waals surface area contributed by atoms with Crippen molar-refractivity contribution in [2.45, 2.75) is 31.0 Å². The molecule has 8 nitrogen and oxygen atoms in total. The van der Waals surface area contributed by atoms with Crippen LogP contribution in [-0.2, 0) is 30.5 Å². The Kier molecular flexibility index (Phi) is 8.14. The maximum Gasteiger partial charge on any atom is 0.416 e. The lowest BCUT2D eigenvalue weighted by Crippen LogP contribution is -2.23. The average Bonchev–Trinajstić information content (AvgIpc) is 2.81. The maximum absolute atomic E-state index is 13.2. The topological polar surface area (TPSA) is 100 Å². The fourth-order valence-corrected chi connectivity index (χ4v) is 4.03. The molecule has 1 heterocycles. The second kappa shape index (κ2) is 10.9. The van der Waals surface area contributed by atoms with Crippen LogP contribution < -0.4 is 14.2 Å². The Balaban J connectivity index is 1.86. The van der Waals surface area contributed by atoms with Gasteiger partial charge in [0.1, 0.15) is 19.8 Å². The molecule has 0 spiro atoms. The van der Waals surface area contributed by atoms with Gasteiger partial charge in [0, 0.05) is 11.6 Å². The Morgan fingerprint density at radius 1 is 1.14 bits per heavy atom. The number of nitrogens with one attached hydrogen (secondary N) is 1. The molecule has 35 heavy (non-hydrogen) atoms. The first-order valence-electron chi connectivity index (χ1n) is 10.4. The summed E-state index contributed by atoms with van der Waals surface area (Å²) in [6.45, 7) is 3.51. The number of rotatable bonds is 7. The number of alkyl halides is 3. The van der Waals surface area contributed by atoms with E-state index in [0.717, 1.165) is 18.2 Å². The fraction of sp³-hybridized carbons (Fsp3) is 0.348. The molecule has 0 amide bonds. The highest BCUT2D eigenvalue weighted by Gasteiger charge is 2.31. The van der Waals surface area contributed by atoms with E-state index >= 15 is 0 Å². The van der Waals surface area contributed by atoms with Gasteiger partial charge in [-0.1, -0.05) is 11.8 Å². The predicted molar refractivity (Wildman–Crippen MR) is 119 cm³/mol. The van der Waals surface area contributed by atoms with E-state index in [-0.39, 0.29) is 41.7 Å². The molecule has 2 aromatic carbocycles. The highest BCUT2D eigenvalue weighted by Crippen LogP contribution is 2.34.